The number of anilines is 1. The number of alkyl carbamates (subject to hydrolysis) is 1. The molecule has 0 aliphatic carbocycles. The SMILES string of the molecule is CCCc1c(Cl)ncnc1NCCCNC(=O)OC(C)(C)C. The molecular weight excluding hydrogens is 304 g/mol. The first kappa shape index (κ1) is 18.5. The lowest BCUT2D eigenvalue weighted by molar-refractivity contribution is 0.0528. The molecule has 124 valence electrons. The van der Waals surface area contributed by atoms with Crippen LogP contribution in [0.15, 0.2) is 6.33 Å². The van der Waals surface area contributed by atoms with Crippen LogP contribution < -0.4 is 10.6 Å². The summed E-state index contributed by atoms with van der Waals surface area (Å²) in [5, 5.41) is 6.44. The maximum absolute atomic E-state index is 11.5. The molecule has 0 aliphatic rings. The molecule has 1 rings (SSSR count). The number of hydrogen-bond acceptors (Lipinski definition) is 5. The summed E-state index contributed by atoms with van der Waals surface area (Å²) in [5.41, 5.74) is 0.460. The molecule has 0 spiro atoms. The standard InChI is InChI=1S/C15H25ClN4O2/c1-5-7-11-12(16)19-10-20-13(11)17-8-6-9-18-14(21)22-15(2,3)4/h10H,5-9H2,1-4H3,(H,18,21)(H,17,19,20). The highest BCUT2D eigenvalue weighted by atomic mass is 35.5. The van der Waals surface area contributed by atoms with Crippen molar-refractivity contribution < 1.29 is 9.53 Å². The average molecular weight is 329 g/mol. The molecule has 22 heavy (non-hydrogen) atoms. The number of halogens is 1. The van der Waals surface area contributed by atoms with E-state index in [0.29, 0.717) is 18.2 Å². The van der Waals surface area contributed by atoms with Crippen molar-refractivity contribution in [3.63, 3.8) is 0 Å². The fraction of sp³-hybridized carbons (Fsp3) is 0.667. The summed E-state index contributed by atoms with van der Waals surface area (Å²) >= 11 is 6.09. The van der Waals surface area contributed by atoms with Crippen LogP contribution in [0.3, 0.4) is 0 Å². The van der Waals surface area contributed by atoms with E-state index >= 15 is 0 Å². The van der Waals surface area contributed by atoms with Crippen LogP contribution >= 0.6 is 11.6 Å². The van der Waals surface area contributed by atoms with Crippen LogP contribution in [0.25, 0.3) is 0 Å². The highest BCUT2D eigenvalue weighted by Gasteiger charge is 2.15. The number of carbonyl (C=O) groups excluding carboxylic acids is 1. The Balaban J connectivity index is 2.33. The zero-order valence-corrected chi connectivity index (χ0v) is 14.5. The topological polar surface area (TPSA) is 76.1 Å². The third-order valence-electron chi connectivity index (χ3n) is 2.71. The molecule has 7 heteroatoms. The zero-order chi connectivity index (χ0) is 16.6. The maximum Gasteiger partial charge on any atom is 0.407 e. The van der Waals surface area contributed by atoms with E-state index < -0.39 is 11.7 Å². The molecule has 0 aliphatic heterocycles. The van der Waals surface area contributed by atoms with Crippen LogP contribution in [0.1, 0.15) is 46.1 Å². The molecule has 1 aromatic heterocycles. The third kappa shape index (κ3) is 6.93. The summed E-state index contributed by atoms with van der Waals surface area (Å²) in [4.78, 5) is 19.7. The second kappa shape index (κ2) is 8.78. The van der Waals surface area contributed by atoms with E-state index in [0.717, 1.165) is 30.6 Å². The van der Waals surface area contributed by atoms with Gasteiger partial charge < -0.3 is 15.4 Å². The van der Waals surface area contributed by atoms with E-state index in [2.05, 4.69) is 27.5 Å². The third-order valence-corrected chi connectivity index (χ3v) is 3.03. The molecule has 1 heterocycles. The van der Waals surface area contributed by atoms with Crippen LogP contribution in [0, 0.1) is 0 Å². The van der Waals surface area contributed by atoms with Crippen molar-refractivity contribution in [2.45, 2.75) is 52.6 Å². The van der Waals surface area contributed by atoms with Gasteiger partial charge in [-0.15, -0.1) is 0 Å². The highest BCUT2D eigenvalue weighted by Crippen LogP contribution is 2.21. The maximum atomic E-state index is 11.5. The first-order valence-electron chi connectivity index (χ1n) is 7.53. The Morgan fingerprint density at radius 3 is 2.68 bits per heavy atom. The molecule has 1 amide bonds. The fourth-order valence-electron chi connectivity index (χ4n) is 1.81. The monoisotopic (exact) mass is 328 g/mol. The fourth-order valence-corrected chi connectivity index (χ4v) is 2.04. The number of aromatic nitrogens is 2. The van der Waals surface area contributed by atoms with E-state index in [9.17, 15) is 4.79 Å². The van der Waals surface area contributed by atoms with Gasteiger partial charge in [-0.2, -0.15) is 0 Å². The lowest BCUT2D eigenvalue weighted by Crippen LogP contribution is -2.33. The summed E-state index contributed by atoms with van der Waals surface area (Å²) in [5.74, 6) is 0.763. The average Bonchev–Trinajstić information content (AvgIpc) is 2.40. The van der Waals surface area contributed by atoms with E-state index in [-0.39, 0.29) is 0 Å². The van der Waals surface area contributed by atoms with Gasteiger partial charge in [0.25, 0.3) is 0 Å². The van der Waals surface area contributed by atoms with Crippen LogP contribution in [0.2, 0.25) is 5.15 Å². The lowest BCUT2D eigenvalue weighted by atomic mass is 10.2. The summed E-state index contributed by atoms with van der Waals surface area (Å²) in [7, 11) is 0. The summed E-state index contributed by atoms with van der Waals surface area (Å²) in [6.07, 6.45) is 3.61. The summed E-state index contributed by atoms with van der Waals surface area (Å²) < 4.78 is 5.16. The molecule has 0 radical (unpaired) electrons. The van der Waals surface area contributed by atoms with E-state index in [1.54, 1.807) is 0 Å². The molecule has 0 aromatic carbocycles. The van der Waals surface area contributed by atoms with Crippen molar-refractivity contribution in [3.8, 4) is 0 Å². The van der Waals surface area contributed by atoms with Gasteiger partial charge in [-0.1, -0.05) is 24.9 Å². The molecular formula is C15H25ClN4O2. The predicted octanol–water partition coefficient (Wildman–Crippen LogP) is 3.41. The van der Waals surface area contributed by atoms with Crippen LogP contribution in [-0.2, 0) is 11.2 Å². The van der Waals surface area contributed by atoms with Crippen LogP contribution in [0.4, 0.5) is 10.6 Å². The van der Waals surface area contributed by atoms with E-state index in [1.807, 2.05) is 20.8 Å². The van der Waals surface area contributed by atoms with Crippen molar-refractivity contribution in [1.82, 2.24) is 15.3 Å². The summed E-state index contributed by atoms with van der Waals surface area (Å²) in [6.45, 7) is 8.80. The lowest BCUT2D eigenvalue weighted by Gasteiger charge is -2.19. The normalized spacial score (nSPS) is 11.1. The Hall–Kier alpha value is -1.56. The Kier molecular flexibility index (Phi) is 7.38. The van der Waals surface area contributed by atoms with Gasteiger partial charge in [0.1, 0.15) is 22.9 Å². The van der Waals surface area contributed by atoms with Gasteiger partial charge in [-0.3, -0.25) is 0 Å². The quantitative estimate of drug-likeness (QED) is 0.592. The Morgan fingerprint density at radius 1 is 1.32 bits per heavy atom. The largest absolute Gasteiger partial charge is 0.444 e. The minimum Gasteiger partial charge on any atom is -0.444 e. The van der Waals surface area contributed by atoms with Crippen molar-refractivity contribution in [3.05, 3.63) is 17.0 Å². The van der Waals surface area contributed by atoms with Gasteiger partial charge in [-0.25, -0.2) is 14.8 Å². The molecule has 1 aromatic rings. The minimum atomic E-state index is -0.477. The Bertz CT molecular complexity index is 489. The van der Waals surface area contributed by atoms with Crippen molar-refractivity contribution in [1.29, 1.82) is 0 Å². The predicted molar refractivity (Wildman–Crippen MR) is 88.4 cm³/mol. The highest BCUT2D eigenvalue weighted by molar-refractivity contribution is 6.30. The van der Waals surface area contributed by atoms with Crippen molar-refractivity contribution in [2.24, 2.45) is 0 Å². The number of carbonyl (C=O) groups is 1. The number of amides is 1. The zero-order valence-electron chi connectivity index (χ0n) is 13.7. The van der Waals surface area contributed by atoms with Gasteiger partial charge in [0, 0.05) is 18.7 Å². The summed E-state index contributed by atoms with van der Waals surface area (Å²) in [6, 6.07) is 0. The molecule has 2 N–H and O–H groups in total. The second-order valence-corrected chi connectivity index (χ2v) is 6.31. The van der Waals surface area contributed by atoms with E-state index in [1.165, 1.54) is 6.33 Å². The first-order chi connectivity index (χ1) is 10.3. The van der Waals surface area contributed by atoms with Crippen molar-refractivity contribution in [2.75, 3.05) is 18.4 Å². The van der Waals surface area contributed by atoms with Gasteiger partial charge in [0.2, 0.25) is 0 Å². The van der Waals surface area contributed by atoms with Gasteiger partial charge in [0.05, 0.1) is 0 Å². The smallest absolute Gasteiger partial charge is 0.407 e. The molecule has 6 nitrogen and oxygen atoms in total. The number of hydrogen-bond donors (Lipinski definition) is 2. The molecule has 0 atom stereocenters. The number of rotatable bonds is 7. The van der Waals surface area contributed by atoms with Crippen molar-refractivity contribution >= 4 is 23.5 Å². The second-order valence-electron chi connectivity index (χ2n) is 5.95. The number of nitrogens with one attached hydrogen (secondary N) is 2. The molecule has 0 saturated carbocycles. The minimum absolute atomic E-state index is 0.399. The van der Waals surface area contributed by atoms with E-state index in [4.69, 9.17) is 16.3 Å². The molecule has 0 saturated heterocycles. The Morgan fingerprint density at radius 2 is 2.05 bits per heavy atom. The van der Waals surface area contributed by atoms with Gasteiger partial charge in [-0.05, 0) is 33.6 Å². The van der Waals surface area contributed by atoms with Gasteiger partial charge in [0.15, 0.2) is 0 Å². The first-order valence-corrected chi connectivity index (χ1v) is 7.91. The number of nitrogens with zero attached hydrogens (tertiary/aromatic N) is 2. The molecule has 0 bridgehead atoms. The van der Waals surface area contributed by atoms with Crippen LogP contribution in [0.5, 0.6) is 0 Å². The Labute approximate surface area is 137 Å². The van der Waals surface area contributed by atoms with Gasteiger partial charge >= 0.3 is 6.09 Å². The van der Waals surface area contributed by atoms with Crippen LogP contribution in [-0.4, -0.2) is 34.8 Å². The molecule has 0 fully saturated rings. The molecule has 0 unspecified atom stereocenters. The number of ether oxygens (including phenoxy) is 1.